The molecular weight excluding hydrogens is 241 g/mol. The number of aryl methyl sites for hydroxylation is 1. The van der Waals surface area contributed by atoms with Crippen molar-refractivity contribution in [3.63, 3.8) is 0 Å². The summed E-state index contributed by atoms with van der Waals surface area (Å²) in [5.74, 6) is -2.02. The summed E-state index contributed by atoms with van der Waals surface area (Å²) in [6.45, 7) is 4.85. The topological polar surface area (TPSA) is 75.6 Å². The maximum atomic E-state index is 13.1. The number of ether oxygens (including phenoxy) is 1. The predicted octanol–water partition coefficient (Wildman–Crippen LogP) is 2.57. The van der Waals surface area contributed by atoms with Gasteiger partial charge in [0.1, 0.15) is 12.4 Å². The minimum Gasteiger partial charge on any atom is -0.478 e. The lowest BCUT2D eigenvalue weighted by atomic mass is 10.1. The quantitative estimate of drug-likeness (QED) is 0.808. The summed E-state index contributed by atoms with van der Waals surface area (Å²) in [4.78, 5) is 22.3. The van der Waals surface area contributed by atoms with Crippen LogP contribution in [0.4, 0.5) is 14.9 Å². The molecule has 0 aromatic heterocycles. The van der Waals surface area contributed by atoms with Crippen LogP contribution in [0.15, 0.2) is 24.8 Å². The number of hydrogen-bond donors (Lipinski definition) is 2. The molecule has 6 heteroatoms. The van der Waals surface area contributed by atoms with Crippen LogP contribution in [0.1, 0.15) is 15.9 Å². The highest BCUT2D eigenvalue weighted by atomic mass is 19.1. The number of nitrogens with one attached hydrogen (secondary N) is 1. The number of carbonyl (C=O) groups excluding carboxylic acids is 1. The molecule has 2 N–H and O–H groups in total. The van der Waals surface area contributed by atoms with Crippen molar-refractivity contribution in [2.45, 2.75) is 6.92 Å². The Labute approximate surface area is 103 Å². The summed E-state index contributed by atoms with van der Waals surface area (Å²) in [5.41, 5.74) is -0.0241. The Balaban J connectivity index is 3.03. The van der Waals surface area contributed by atoms with Crippen LogP contribution in [0.3, 0.4) is 0 Å². The molecule has 0 fully saturated rings. The molecule has 1 rings (SSSR count). The van der Waals surface area contributed by atoms with Gasteiger partial charge in [-0.25, -0.2) is 14.0 Å². The predicted molar refractivity (Wildman–Crippen MR) is 63.3 cm³/mol. The van der Waals surface area contributed by atoms with Gasteiger partial charge in [0.05, 0.1) is 11.3 Å². The van der Waals surface area contributed by atoms with Crippen molar-refractivity contribution in [2.75, 3.05) is 11.9 Å². The molecule has 0 aliphatic rings. The molecule has 0 radical (unpaired) electrons. The molecule has 0 spiro atoms. The first kappa shape index (κ1) is 13.7. The van der Waals surface area contributed by atoms with Crippen molar-refractivity contribution in [3.8, 4) is 0 Å². The number of rotatable bonds is 4. The van der Waals surface area contributed by atoms with Crippen LogP contribution in [0.2, 0.25) is 0 Å². The summed E-state index contributed by atoms with van der Waals surface area (Å²) in [5, 5.41) is 11.2. The fourth-order valence-electron chi connectivity index (χ4n) is 1.35. The first-order valence-electron chi connectivity index (χ1n) is 5.03. The molecule has 18 heavy (non-hydrogen) atoms. The van der Waals surface area contributed by atoms with Gasteiger partial charge in [-0.2, -0.15) is 0 Å². The van der Waals surface area contributed by atoms with Gasteiger partial charge in [0, 0.05) is 0 Å². The Bertz CT molecular complexity index is 499. The van der Waals surface area contributed by atoms with Crippen molar-refractivity contribution < 1.29 is 23.8 Å². The third-order valence-corrected chi connectivity index (χ3v) is 2.09. The maximum absolute atomic E-state index is 13.1. The molecule has 0 aliphatic heterocycles. The monoisotopic (exact) mass is 253 g/mol. The minimum absolute atomic E-state index is 0.00548. The van der Waals surface area contributed by atoms with Gasteiger partial charge < -0.3 is 9.84 Å². The van der Waals surface area contributed by atoms with E-state index in [0.717, 1.165) is 12.1 Å². The minimum atomic E-state index is -1.34. The number of carboxylic acid groups (broad SMARTS) is 1. The first-order valence-corrected chi connectivity index (χ1v) is 5.03. The van der Waals surface area contributed by atoms with Gasteiger partial charge in [-0.1, -0.05) is 12.7 Å². The van der Waals surface area contributed by atoms with Crippen LogP contribution in [0.5, 0.6) is 0 Å². The number of carboxylic acids is 1. The van der Waals surface area contributed by atoms with Crippen molar-refractivity contribution >= 4 is 17.7 Å². The fraction of sp³-hybridized carbons (Fsp3) is 0.167. The van der Waals surface area contributed by atoms with Gasteiger partial charge >= 0.3 is 12.1 Å². The van der Waals surface area contributed by atoms with E-state index < -0.39 is 17.9 Å². The Morgan fingerprint density at radius 3 is 2.78 bits per heavy atom. The van der Waals surface area contributed by atoms with E-state index >= 15 is 0 Å². The molecule has 0 saturated carbocycles. The number of anilines is 1. The Hall–Kier alpha value is -2.37. The Morgan fingerprint density at radius 2 is 2.22 bits per heavy atom. The lowest BCUT2D eigenvalue weighted by Gasteiger charge is -2.11. The zero-order valence-corrected chi connectivity index (χ0v) is 9.70. The molecule has 0 heterocycles. The third kappa shape index (κ3) is 3.31. The molecule has 96 valence electrons. The van der Waals surface area contributed by atoms with E-state index in [4.69, 9.17) is 5.11 Å². The summed E-state index contributed by atoms with van der Waals surface area (Å²) in [6.07, 6.45) is 0.543. The average molecular weight is 253 g/mol. The summed E-state index contributed by atoms with van der Waals surface area (Å²) in [6, 6.07) is 1.95. The standard InChI is InChI=1S/C12H12FNO4/c1-3-4-18-12(17)14-10-7(2)5-8(13)6-9(10)11(15)16/h3,5-6H,1,4H2,2H3,(H,14,17)(H,15,16). The summed E-state index contributed by atoms with van der Waals surface area (Å²) in [7, 11) is 0. The average Bonchev–Trinajstić information content (AvgIpc) is 2.29. The summed E-state index contributed by atoms with van der Waals surface area (Å²) < 4.78 is 17.7. The molecule has 0 saturated heterocycles. The Morgan fingerprint density at radius 1 is 1.56 bits per heavy atom. The SMILES string of the molecule is C=CCOC(=O)Nc1c(C)cc(F)cc1C(=O)O. The van der Waals surface area contributed by atoms with Crippen molar-refractivity contribution in [1.29, 1.82) is 0 Å². The molecule has 0 atom stereocenters. The van der Waals surface area contributed by atoms with Gasteiger partial charge in [-0.05, 0) is 24.6 Å². The second kappa shape index (κ2) is 5.81. The zero-order valence-electron chi connectivity index (χ0n) is 9.70. The second-order valence-electron chi connectivity index (χ2n) is 3.46. The van der Waals surface area contributed by atoms with Crippen LogP contribution in [-0.4, -0.2) is 23.8 Å². The molecule has 0 unspecified atom stereocenters. The van der Waals surface area contributed by atoms with E-state index in [1.165, 1.54) is 13.0 Å². The molecule has 1 aromatic rings. The van der Waals surface area contributed by atoms with Crippen molar-refractivity contribution in [2.24, 2.45) is 0 Å². The number of carbonyl (C=O) groups is 2. The summed E-state index contributed by atoms with van der Waals surface area (Å²) >= 11 is 0. The van der Waals surface area contributed by atoms with Gasteiger partial charge in [0.25, 0.3) is 0 Å². The highest BCUT2D eigenvalue weighted by Crippen LogP contribution is 2.22. The van der Waals surface area contributed by atoms with Gasteiger partial charge in [-0.15, -0.1) is 0 Å². The fourth-order valence-corrected chi connectivity index (χ4v) is 1.35. The molecular formula is C12H12FNO4. The van der Waals surface area contributed by atoms with E-state index in [1.807, 2.05) is 0 Å². The highest BCUT2D eigenvalue weighted by molar-refractivity contribution is 5.99. The van der Waals surface area contributed by atoms with Crippen LogP contribution in [-0.2, 0) is 4.74 Å². The molecule has 5 nitrogen and oxygen atoms in total. The normalized spacial score (nSPS) is 9.67. The van der Waals surface area contributed by atoms with Gasteiger partial charge in [-0.3, -0.25) is 5.32 Å². The number of amides is 1. The van der Waals surface area contributed by atoms with Crippen molar-refractivity contribution in [3.05, 3.63) is 41.7 Å². The second-order valence-corrected chi connectivity index (χ2v) is 3.46. The Kier molecular flexibility index (Phi) is 4.42. The van der Waals surface area contributed by atoms with Crippen molar-refractivity contribution in [1.82, 2.24) is 0 Å². The highest BCUT2D eigenvalue weighted by Gasteiger charge is 2.16. The number of hydrogen-bond acceptors (Lipinski definition) is 3. The van der Waals surface area contributed by atoms with E-state index in [1.54, 1.807) is 0 Å². The zero-order chi connectivity index (χ0) is 13.7. The third-order valence-electron chi connectivity index (χ3n) is 2.09. The van der Waals surface area contributed by atoms with Crippen LogP contribution < -0.4 is 5.32 Å². The number of halogens is 1. The lowest BCUT2D eigenvalue weighted by molar-refractivity contribution is 0.0697. The largest absolute Gasteiger partial charge is 0.478 e. The van der Waals surface area contributed by atoms with E-state index in [0.29, 0.717) is 5.56 Å². The molecule has 1 amide bonds. The lowest BCUT2D eigenvalue weighted by Crippen LogP contribution is -2.17. The smallest absolute Gasteiger partial charge is 0.411 e. The van der Waals surface area contributed by atoms with E-state index in [9.17, 15) is 14.0 Å². The van der Waals surface area contributed by atoms with Crippen LogP contribution >= 0.6 is 0 Å². The maximum Gasteiger partial charge on any atom is 0.411 e. The molecule has 1 aromatic carbocycles. The van der Waals surface area contributed by atoms with E-state index in [2.05, 4.69) is 16.6 Å². The van der Waals surface area contributed by atoms with E-state index in [-0.39, 0.29) is 17.9 Å². The van der Waals surface area contributed by atoms with Gasteiger partial charge in [0.15, 0.2) is 0 Å². The number of aromatic carboxylic acids is 1. The van der Waals surface area contributed by atoms with Crippen LogP contribution in [0, 0.1) is 12.7 Å². The van der Waals surface area contributed by atoms with Gasteiger partial charge in [0.2, 0.25) is 0 Å². The first-order chi connectivity index (χ1) is 8.45. The van der Waals surface area contributed by atoms with Crippen LogP contribution in [0.25, 0.3) is 0 Å². The number of benzene rings is 1. The molecule has 0 bridgehead atoms. The molecule has 0 aliphatic carbocycles.